The van der Waals surface area contributed by atoms with E-state index in [1.165, 1.54) is 38.5 Å². The number of aromatic nitrogens is 2. The van der Waals surface area contributed by atoms with E-state index in [1.807, 2.05) is 7.05 Å². The van der Waals surface area contributed by atoms with E-state index >= 15 is 0 Å². The zero-order chi connectivity index (χ0) is 12.3. The summed E-state index contributed by atoms with van der Waals surface area (Å²) in [6.45, 7) is 2.93. The van der Waals surface area contributed by atoms with Crippen molar-refractivity contribution in [3.05, 3.63) is 11.7 Å². The number of rotatable bonds is 10. The maximum atomic E-state index is 5.16. The van der Waals surface area contributed by atoms with Crippen LogP contribution in [-0.4, -0.2) is 17.2 Å². The fourth-order valence-corrected chi connectivity index (χ4v) is 1.85. The Balaban J connectivity index is 2.01. The lowest BCUT2D eigenvalue weighted by Gasteiger charge is -1.98. The van der Waals surface area contributed by atoms with Crippen molar-refractivity contribution >= 4 is 0 Å². The minimum Gasteiger partial charge on any atom is -0.339 e. The molecule has 0 aliphatic heterocycles. The molecular formula is C13H25N3O. The van der Waals surface area contributed by atoms with E-state index in [0.29, 0.717) is 6.54 Å². The third-order valence-electron chi connectivity index (χ3n) is 2.84. The summed E-state index contributed by atoms with van der Waals surface area (Å²) in [5.74, 6) is 1.54. The van der Waals surface area contributed by atoms with Gasteiger partial charge in [-0.05, 0) is 13.5 Å². The van der Waals surface area contributed by atoms with Gasteiger partial charge in [-0.15, -0.1) is 0 Å². The van der Waals surface area contributed by atoms with Crippen molar-refractivity contribution in [2.24, 2.45) is 0 Å². The average molecular weight is 239 g/mol. The van der Waals surface area contributed by atoms with Gasteiger partial charge in [-0.1, -0.05) is 50.6 Å². The molecule has 0 aliphatic carbocycles. The van der Waals surface area contributed by atoms with E-state index in [-0.39, 0.29) is 0 Å². The fraction of sp³-hybridized carbons (Fsp3) is 0.846. The Hall–Kier alpha value is -0.900. The third-order valence-corrected chi connectivity index (χ3v) is 2.84. The van der Waals surface area contributed by atoms with E-state index in [2.05, 4.69) is 22.4 Å². The molecule has 1 rings (SSSR count). The lowest BCUT2D eigenvalue weighted by Crippen LogP contribution is -2.06. The Kier molecular flexibility index (Phi) is 7.63. The summed E-state index contributed by atoms with van der Waals surface area (Å²) in [5.41, 5.74) is 0. The summed E-state index contributed by atoms with van der Waals surface area (Å²) >= 11 is 0. The molecular weight excluding hydrogens is 214 g/mol. The Morgan fingerprint density at radius 1 is 1.06 bits per heavy atom. The van der Waals surface area contributed by atoms with Crippen LogP contribution >= 0.6 is 0 Å². The maximum Gasteiger partial charge on any atom is 0.226 e. The van der Waals surface area contributed by atoms with Gasteiger partial charge in [-0.3, -0.25) is 0 Å². The molecule has 4 heteroatoms. The van der Waals surface area contributed by atoms with Gasteiger partial charge in [0.15, 0.2) is 5.82 Å². The van der Waals surface area contributed by atoms with Gasteiger partial charge < -0.3 is 9.84 Å². The number of unbranched alkanes of at least 4 members (excludes halogenated alkanes) is 6. The first-order valence-electron chi connectivity index (χ1n) is 6.83. The number of nitrogens with one attached hydrogen (secondary N) is 1. The van der Waals surface area contributed by atoms with Crippen molar-refractivity contribution in [1.82, 2.24) is 15.5 Å². The van der Waals surface area contributed by atoms with Crippen molar-refractivity contribution in [2.45, 2.75) is 64.8 Å². The third kappa shape index (κ3) is 6.41. The Labute approximate surface area is 104 Å². The monoisotopic (exact) mass is 239 g/mol. The Morgan fingerprint density at radius 3 is 2.47 bits per heavy atom. The van der Waals surface area contributed by atoms with Crippen LogP contribution in [0.3, 0.4) is 0 Å². The summed E-state index contributed by atoms with van der Waals surface area (Å²) in [5, 5.41) is 6.90. The standard InChI is InChI=1S/C13H25N3O/c1-3-4-5-6-7-8-9-10-13-15-12(11-14-2)16-17-13/h14H,3-11H2,1-2H3. The quantitative estimate of drug-likeness (QED) is 0.637. The molecule has 0 radical (unpaired) electrons. The minimum atomic E-state index is 0.681. The highest BCUT2D eigenvalue weighted by Gasteiger charge is 2.04. The normalized spacial score (nSPS) is 10.9. The molecule has 1 aromatic rings. The number of nitrogens with zero attached hydrogens (tertiary/aromatic N) is 2. The molecule has 0 unspecified atom stereocenters. The second-order valence-corrected chi connectivity index (χ2v) is 4.51. The molecule has 0 saturated heterocycles. The zero-order valence-corrected chi connectivity index (χ0v) is 11.2. The van der Waals surface area contributed by atoms with Crippen molar-refractivity contribution in [3.8, 4) is 0 Å². The van der Waals surface area contributed by atoms with Crippen LogP contribution in [-0.2, 0) is 13.0 Å². The van der Waals surface area contributed by atoms with E-state index < -0.39 is 0 Å². The van der Waals surface area contributed by atoms with E-state index in [1.54, 1.807) is 0 Å². The molecule has 0 atom stereocenters. The smallest absolute Gasteiger partial charge is 0.226 e. The van der Waals surface area contributed by atoms with Gasteiger partial charge in [0, 0.05) is 6.42 Å². The SMILES string of the molecule is CCCCCCCCCc1nc(CNC)no1. The number of aryl methyl sites for hydroxylation is 1. The molecule has 1 heterocycles. The lowest BCUT2D eigenvalue weighted by molar-refractivity contribution is 0.367. The predicted molar refractivity (Wildman–Crippen MR) is 68.8 cm³/mol. The van der Waals surface area contributed by atoms with Crippen molar-refractivity contribution < 1.29 is 4.52 Å². The second kappa shape index (κ2) is 9.16. The Morgan fingerprint density at radius 2 is 1.76 bits per heavy atom. The highest BCUT2D eigenvalue weighted by molar-refractivity contribution is 4.85. The van der Waals surface area contributed by atoms with Gasteiger partial charge in [0.2, 0.25) is 5.89 Å². The molecule has 1 aromatic heterocycles. The zero-order valence-electron chi connectivity index (χ0n) is 11.2. The molecule has 0 bridgehead atoms. The fourth-order valence-electron chi connectivity index (χ4n) is 1.85. The molecule has 0 saturated carbocycles. The van der Waals surface area contributed by atoms with Crippen LogP contribution in [0, 0.1) is 0 Å². The summed E-state index contributed by atoms with van der Waals surface area (Å²) in [7, 11) is 1.88. The second-order valence-electron chi connectivity index (χ2n) is 4.51. The number of hydrogen-bond donors (Lipinski definition) is 1. The van der Waals surface area contributed by atoms with Crippen LogP contribution in [0.15, 0.2) is 4.52 Å². The number of hydrogen-bond acceptors (Lipinski definition) is 4. The van der Waals surface area contributed by atoms with Crippen LogP contribution < -0.4 is 5.32 Å². The first-order chi connectivity index (χ1) is 8.36. The van der Waals surface area contributed by atoms with Gasteiger partial charge in [0.05, 0.1) is 6.54 Å². The molecule has 0 aliphatic rings. The topological polar surface area (TPSA) is 51.0 Å². The minimum absolute atomic E-state index is 0.681. The molecule has 1 N–H and O–H groups in total. The predicted octanol–water partition coefficient (Wildman–Crippen LogP) is 3.08. The van der Waals surface area contributed by atoms with Gasteiger partial charge in [-0.2, -0.15) is 4.98 Å². The highest BCUT2D eigenvalue weighted by atomic mass is 16.5. The van der Waals surface area contributed by atoms with Gasteiger partial charge in [-0.25, -0.2) is 0 Å². The van der Waals surface area contributed by atoms with E-state index in [0.717, 1.165) is 24.6 Å². The van der Waals surface area contributed by atoms with Gasteiger partial charge in [0.25, 0.3) is 0 Å². The molecule has 0 spiro atoms. The molecule has 0 fully saturated rings. The van der Waals surface area contributed by atoms with Crippen molar-refractivity contribution in [3.63, 3.8) is 0 Å². The van der Waals surface area contributed by atoms with Crippen LogP contribution in [0.1, 0.15) is 63.6 Å². The maximum absolute atomic E-state index is 5.16. The molecule has 17 heavy (non-hydrogen) atoms. The Bertz CT molecular complexity index is 286. The largest absolute Gasteiger partial charge is 0.339 e. The molecule has 0 aromatic carbocycles. The van der Waals surface area contributed by atoms with Crippen molar-refractivity contribution in [1.29, 1.82) is 0 Å². The average Bonchev–Trinajstić information content (AvgIpc) is 2.76. The molecule has 98 valence electrons. The van der Waals surface area contributed by atoms with E-state index in [4.69, 9.17) is 4.52 Å². The van der Waals surface area contributed by atoms with Gasteiger partial charge in [0.1, 0.15) is 0 Å². The van der Waals surface area contributed by atoms with E-state index in [9.17, 15) is 0 Å². The van der Waals surface area contributed by atoms with Crippen LogP contribution in [0.2, 0.25) is 0 Å². The van der Waals surface area contributed by atoms with Crippen LogP contribution in [0.4, 0.5) is 0 Å². The lowest BCUT2D eigenvalue weighted by atomic mass is 10.1. The van der Waals surface area contributed by atoms with Crippen LogP contribution in [0.25, 0.3) is 0 Å². The summed E-state index contributed by atoms with van der Waals surface area (Å²) in [6.07, 6.45) is 10.1. The first kappa shape index (κ1) is 14.2. The molecule has 4 nitrogen and oxygen atoms in total. The summed E-state index contributed by atoms with van der Waals surface area (Å²) < 4.78 is 5.16. The van der Waals surface area contributed by atoms with Crippen molar-refractivity contribution in [2.75, 3.05) is 7.05 Å². The van der Waals surface area contributed by atoms with Gasteiger partial charge >= 0.3 is 0 Å². The summed E-state index contributed by atoms with van der Waals surface area (Å²) in [6, 6.07) is 0. The summed E-state index contributed by atoms with van der Waals surface area (Å²) in [4.78, 5) is 4.31. The van der Waals surface area contributed by atoms with Crippen LogP contribution in [0.5, 0.6) is 0 Å². The highest BCUT2D eigenvalue weighted by Crippen LogP contribution is 2.09. The molecule has 0 amide bonds. The first-order valence-corrected chi connectivity index (χ1v) is 6.83.